The lowest BCUT2D eigenvalue weighted by atomic mass is 9.98. The molecule has 0 N–H and O–H groups in total. The minimum Gasteiger partial charge on any atom is -0.310 e. The van der Waals surface area contributed by atoms with Gasteiger partial charge < -0.3 is 9.47 Å². The van der Waals surface area contributed by atoms with Gasteiger partial charge in [-0.15, -0.1) is 0 Å². The molecule has 0 fully saturated rings. The summed E-state index contributed by atoms with van der Waals surface area (Å²) < 4.78 is 2.41. The Morgan fingerprint density at radius 1 is 0.242 bits per heavy atom. The van der Waals surface area contributed by atoms with E-state index in [4.69, 9.17) is 0 Å². The molecule has 11 aromatic carbocycles. The van der Waals surface area contributed by atoms with Gasteiger partial charge in [-0.1, -0.05) is 206 Å². The average Bonchev–Trinajstić information content (AvgIpc) is 3.74. The van der Waals surface area contributed by atoms with E-state index in [0.29, 0.717) is 0 Å². The molecule has 2 nitrogen and oxygen atoms in total. The van der Waals surface area contributed by atoms with E-state index in [1.807, 2.05) is 0 Å². The van der Waals surface area contributed by atoms with Crippen molar-refractivity contribution >= 4 is 49.6 Å². The summed E-state index contributed by atoms with van der Waals surface area (Å²) in [5.74, 6) is 0. The molecule has 1 heterocycles. The second-order valence-electron chi connectivity index (χ2n) is 16.9. The van der Waals surface area contributed by atoms with Crippen molar-refractivity contribution in [3.8, 4) is 61.3 Å². The van der Waals surface area contributed by atoms with E-state index >= 15 is 0 Å². The van der Waals surface area contributed by atoms with E-state index in [1.165, 1.54) is 93.9 Å². The molecule has 0 saturated heterocycles. The molecule has 1 aromatic heterocycles. The Hall–Kier alpha value is -8.72. The van der Waals surface area contributed by atoms with Gasteiger partial charge in [0.1, 0.15) is 0 Å². The van der Waals surface area contributed by atoms with Crippen LogP contribution in [-0.2, 0) is 0 Å². The molecule has 0 atom stereocenters. The summed E-state index contributed by atoms with van der Waals surface area (Å²) in [6.07, 6.45) is 0. The van der Waals surface area contributed by atoms with E-state index in [-0.39, 0.29) is 0 Å². The predicted molar refractivity (Wildman–Crippen MR) is 280 cm³/mol. The SMILES string of the molecule is c1ccc(-c2cccc(N(c3ccc(-c4ccc(-c5ccc6ccccc6c5)cc4)cc3)c3ccc(-c4ccc(-c5ccccc5-n5c6ccccc6c6ccccc65)cc4)cc3)c2)cc1. The third-order valence-electron chi connectivity index (χ3n) is 13.0. The Kier molecular flexibility index (Phi) is 9.89. The lowest BCUT2D eigenvalue weighted by Gasteiger charge is -2.26. The van der Waals surface area contributed by atoms with Crippen molar-refractivity contribution in [2.75, 3.05) is 4.90 Å². The maximum atomic E-state index is 2.41. The second kappa shape index (κ2) is 16.8. The molecule has 0 amide bonds. The Labute approximate surface area is 385 Å². The van der Waals surface area contributed by atoms with Gasteiger partial charge in [-0.3, -0.25) is 0 Å². The molecule has 12 rings (SSSR count). The summed E-state index contributed by atoms with van der Waals surface area (Å²) in [5, 5.41) is 5.04. The maximum absolute atomic E-state index is 2.41. The fourth-order valence-corrected chi connectivity index (χ4v) is 9.67. The molecule has 310 valence electrons. The number of rotatable bonds is 9. The van der Waals surface area contributed by atoms with Gasteiger partial charge in [-0.2, -0.15) is 0 Å². The number of para-hydroxylation sites is 3. The maximum Gasteiger partial charge on any atom is 0.0541 e. The average molecular weight is 841 g/mol. The molecular weight excluding hydrogens is 797 g/mol. The Balaban J connectivity index is 0.855. The third-order valence-corrected chi connectivity index (χ3v) is 13.0. The van der Waals surface area contributed by atoms with Gasteiger partial charge in [-0.25, -0.2) is 0 Å². The third kappa shape index (κ3) is 7.21. The molecule has 66 heavy (non-hydrogen) atoms. The molecule has 0 aliphatic rings. The van der Waals surface area contributed by atoms with E-state index < -0.39 is 0 Å². The number of anilines is 3. The molecule has 0 aliphatic carbocycles. The monoisotopic (exact) mass is 840 g/mol. The predicted octanol–water partition coefficient (Wildman–Crippen LogP) is 17.7. The lowest BCUT2D eigenvalue weighted by Crippen LogP contribution is -2.10. The zero-order valence-corrected chi connectivity index (χ0v) is 36.3. The first-order valence-electron chi connectivity index (χ1n) is 22.7. The standard InChI is InChI=1S/C64H44N2/c1-2-13-45(14-3-1)54-17-12-18-58(44-54)65(56-39-35-49(36-40-56)47-25-27-51(28-26-47)55-34-31-46-15-4-5-16-53(46)43-55)57-41-37-50(38-42-57)48-29-32-52(33-30-48)59-19-6-9-22-62(59)66-63-23-10-7-20-60(63)61-21-8-11-24-64(61)66/h1-44H. The smallest absolute Gasteiger partial charge is 0.0541 e. The second-order valence-corrected chi connectivity index (χ2v) is 16.9. The minimum atomic E-state index is 1.09. The minimum absolute atomic E-state index is 1.09. The summed E-state index contributed by atoms with van der Waals surface area (Å²) in [6, 6.07) is 96.7. The zero-order chi connectivity index (χ0) is 43.8. The fourth-order valence-electron chi connectivity index (χ4n) is 9.67. The molecular formula is C64H44N2. The van der Waals surface area contributed by atoms with Crippen LogP contribution in [0.5, 0.6) is 0 Å². The van der Waals surface area contributed by atoms with E-state index in [1.54, 1.807) is 0 Å². The number of fused-ring (bicyclic) bond motifs is 4. The first kappa shape index (κ1) is 38.9. The van der Waals surface area contributed by atoms with Crippen molar-refractivity contribution in [1.29, 1.82) is 0 Å². The van der Waals surface area contributed by atoms with Crippen LogP contribution in [0.4, 0.5) is 17.1 Å². The van der Waals surface area contributed by atoms with E-state index in [9.17, 15) is 0 Å². The molecule has 0 spiro atoms. The summed E-state index contributed by atoms with van der Waals surface area (Å²) >= 11 is 0. The van der Waals surface area contributed by atoms with E-state index in [2.05, 4.69) is 276 Å². The van der Waals surface area contributed by atoms with Gasteiger partial charge in [0.05, 0.1) is 16.7 Å². The molecule has 2 heteroatoms. The number of aromatic nitrogens is 1. The fraction of sp³-hybridized carbons (Fsp3) is 0. The van der Waals surface area contributed by atoms with Crippen LogP contribution in [0, 0.1) is 0 Å². The topological polar surface area (TPSA) is 8.17 Å². The first-order valence-corrected chi connectivity index (χ1v) is 22.7. The van der Waals surface area contributed by atoms with Crippen LogP contribution in [0.3, 0.4) is 0 Å². The van der Waals surface area contributed by atoms with Crippen LogP contribution >= 0.6 is 0 Å². The first-order chi connectivity index (χ1) is 32.7. The van der Waals surface area contributed by atoms with Crippen LogP contribution in [0.25, 0.3) is 93.9 Å². The zero-order valence-electron chi connectivity index (χ0n) is 36.3. The highest BCUT2D eigenvalue weighted by molar-refractivity contribution is 6.09. The van der Waals surface area contributed by atoms with Gasteiger partial charge in [0.15, 0.2) is 0 Å². The van der Waals surface area contributed by atoms with Crippen molar-refractivity contribution in [1.82, 2.24) is 4.57 Å². The van der Waals surface area contributed by atoms with Gasteiger partial charge in [0.25, 0.3) is 0 Å². The summed E-state index contributed by atoms with van der Waals surface area (Å²) in [6.45, 7) is 0. The van der Waals surface area contributed by atoms with Crippen LogP contribution in [-0.4, -0.2) is 4.57 Å². The van der Waals surface area contributed by atoms with Gasteiger partial charge in [-0.05, 0) is 122 Å². The van der Waals surface area contributed by atoms with Crippen molar-refractivity contribution in [3.05, 3.63) is 267 Å². The lowest BCUT2D eigenvalue weighted by molar-refractivity contribution is 1.18. The van der Waals surface area contributed by atoms with Gasteiger partial charge in [0, 0.05) is 33.4 Å². The molecule has 0 saturated carbocycles. The summed E-state index contributed by atoms with van der Waals surface area (Å²) in [5.41, 5.74) is 18.8. The summed E-state index contributed by atoms with van der Waals surface area (Å²) in [7, 11) is 0. The molecule has 0 radical (unpaired) electrons. The number of hydrogen-bond donors (Lipinski definition) is 0. The Bertz CT molecular complexity index is 3610. The van der Waals surface area contributed by atoms with Crippen molar-refractivity contribution in [2.24, 2.45) is 0 Å². The van der Waals surface area contributed by atoms with Gasteiger partial charge in [0.2, 0.25) is 0 Å². The Morgan fingerprint density at radius 3 is 1.29 bits per heavy atom. The van der Waals surface area contributed by atoms with E-state index in [0.717, 1.165) is 17.1 Å². The summed E-state index contributed by atoms with van der Waals surface area (Å²) in [4.78, 5) is 2.36. The van der Waals surface area contributed by atoms with Gasteiger partial charge >= 0.3 is 0 Å². The van der Waals surface area contributed by atoms with Crippen molar-refractivity contribution in [2.45, 2.75) is 0 Å². The Morgan fingerprint density at radius 2 is 0.667 bits per heavy atom. The van der Waals surface area contributed by atoms with Crippen LogP contribution in [0.15, 0.2) is 267 Å². The highest BCUT2D eigenvalue weighted by Gasteiger charge is 2.17. The number of benzene rings is 11. The molecule has 0 aliphatic heterocycles. The van der Waals surface area contributed by atoms with Crippen LogP contribution in [0.1, 0.15) is 0 Å². The normalized spacial score (nSPS) is 11.3. The van der Waals surface area contributed by atoms with Crippen LogP contribution < -0.4 is 4.90 Å². The molecule has 12 aromatic rings. The van der Waals surface area contributed by atoms with Crippen LogP contribution in [0.2, 0.25) is 0 Å². The van der Waals surface area contributed by atoms with Crippen molar-refractivity contribution < 1.29 is 0 Å². The molecule has 0 unspecified atom stereocenters. The highest BCUT2D eigenvalue weighted by Crippen LogP contribution is 2.40. The number of nitrogens with zero attached hydrogens (tertiary/aromatic N) is 2. The largest absolute Gasteiger partial charge is 0.310 e. The quantitative estimate of drug-likeness (QED) is 0.141. The van der Waals surface area contributed by atoms with Crippen molar-refractivity contribution in [3.63, 3.8) is 0 Å². The molecule has 0 bridgehead atoms. The number of hydrogen-bond acceptors (Lipinski definition) is 1. The highest BCUT2D eigenvalue weighted by atomic mass is 15.1.